The average molecular weight is 285 g/mol. The molecule has 0 saturated carbocycles. The number of rotatable bonds is 6. The highest BCUT2D eigenvalue weighted by Crippen LogP contribution is 2.20. The molecule has 1 atom stereocenters. The van der Waals surface area contributed by atoms with Gasteiger partial charge in [0.25, 0.3) is 0 Å². The van der Waals surface area contributed by atoms with E-state index in [1.54, 1.807) is 12.1 Å². The van der Waals surface area contributed by atoms with Crippen molar-refractivity contribution in [1.29, 1.82) is 0 Å². The van der Waals surface area contributed by atoms with Crippen molar-refractivity contribution in [1.82, 2.24) is 5.32 Å². The van der Waals surface area contributed by atoms with Gasteiger partial charge < -0.3 is 15.2 Å². The molecule has 0 radical (unpaired) electrons. The molecule has 0 aliphatic carbocycles. The van der Waals surface area contributed by atoms with Crippen LogP contribution >= 0.6 is 0 Å². The Balaban J connectivity index is 1.98. The maximum absolute atomic E-state index is 9.47. The summed E-state index contributed by atoms with van der Waals surface area (Å²) in [5.41, 5.74) is 2.25. The second kappa shape index (κ2) is 7.14. The summed E-state index contributed by atoms with van der Waals surface area (Å²) >= 11 is 0. The fourth-order valence-electron chi connectivity index (χ4n) is 2.18. The van der Waals surface area contributed by atoms with Gasteiger partial charge in [0.05, 0.1) is 6.10 Å². The van der Waals surface area contributed by atoms with Gasteiger partial charge in [0.2, 0.25) is 0 Å². The second-order valence-corrected chi connectivity index (χ2v) is 5.51. The van der Waals surface area contributed by atoms with Crippen LogP contribution < -0.4 is 10.1 Å². The zero-order chi connectivity index (χ0) is 15.2. The predicted molar refractivity (Wildman–Crippen MR) is 85.6 cm³/mol. The summed E-state index contributed by atoms with van der Waals surface area (Å²) < 4.78 is 5.72. The topological polar surface area (TPSA) is 41.5 Å². The molecule has 3 heteroatoms. The molecular weight excluding hydrogens is 262 g/mol. The van der Waals surface area contributed by atoms with E-state index in [0.29, 0.717) is 12.3 Å². The van der Waals surface area contributed by atoms with Crippen molar-refractivity contribution >= 4 is 0 Å². The van der Waals surface area contributed by atoms with Gasteiger partial charge in [-0.05, 0) is 56.2 Å². The summed E-state index contributed by atoms with van der Waals surface area (Å²) in [6.07, 6.45) is 0.177. The molecule has 0 amide bonds. The van der Waals surface area contributed by atoms with E-state index in [1.165, 1.54) is 5.56 Å². The summed E-state index contributed by atoms with van der Waals surface area (Å²) in [5, 5.41) is 12.9. The van der Waals surface area contributed by atoms with Gasteiger partial charge in [0, 0.05) is 12.6 Å². The molecule has 112 valence electrons. The molecule has 2 aromatic rings. The van der Waals surface area contributed by atoms with Gasteiger partial charge >= 0.3 is 0 Å². The van der Waals surface area contributed by atoms with E-state index < -0.39 is 0 Å². The predicted octanol–water partition coefficient (Wildman–Crippen LogP) is 4.03. The third kappa shape index (κ3) is 4.80. The fourth-order valence-corrected chi connectivity index (χ4v) is 2.18. The molecule has 0 aliphatic rings. The Kier molecular flexibility index (Phi) is 5.23. The van der Waals surface area contributed by atoms with Crippen molar-refractivity contribution in [3.8, 4) is 11.5 Å². The first-order chi connectivity index (χ1) is 10.0. The lowest BCUT2D eigenvalue weighted by Crippen LogP contribution is -2.18. The van der Waals surface area contributed by atoms with E-state index in [1.807, 2.05) is 38.1 Å². The standard InChI is InChI=1S/C18H23NO2/c1-13(2)21-18-9-5-7-16(11-18)14(3)19-12-15-6-4-8-17(20)10-15/h4-11,13-14,19-20H,12H2,1-3H3. The first kappa shape index (κ1) is 15.4. The molecule has 1 unspecified atom stereocenters. The number of phenolic OH excluding ortho intramolecular Hbond substituents is 1. The van der Waals surface area contributed by atoms with Crippen LogP contribution in [0.5, 0.6) is 11.5 Å². The monoisotopic (exact) mass is 285 g/mol. The lowest BCUT2D eigenvalue weighted by Gasteiger charge is -2.16. The summed E-state index contributed by atoms with van der Waals surface area (Å²) in [5.74, 6) is 1.20. The van der Waals surface area contributed by atoms with Crippen molar-refractivity contribution in [2.45, 2.75) is 39.5 Å². The number of ether oxygens (including phenoxy) is 1. The minimum atomic E-state index is 0.177. The molecule has 3 nitrogen and oxygen atoms in total. The lowest BCUT2D eigenvalue weighted by molar-refractivity contribution is 0.242. The zero-order valence-electron chi connectivity index (χ0n) is 12.8. The Morgan fingerprint density at radius 3 is 2.52 bits per heavy atom. The van der Waals surface area contributed by atoms with Crippen molar-refractivity contribution in [3.05, 3.63) is 59.7 Å². The van der Waals surface area contributed by atoms with Gasteiger partial charge in [-0.1, -0.05) is 24.3 Å². The molecule has 21 heavy (non-hydrogen) atoms. The molecular formula is C18H23NO2. The van der Waals surface area contributed by atoms with E-state index in [9.17, 15) is 5.11 Å². The van der Waals surface area contributed by atoms with E-state index >= 15 is 0 Å². The largest absolute Gasteiger partial charge is 0.508 e. The molecule has 0 fully saturated rings. The van der Waals surface area contributed by atoms with Gasteiger partial charge in [0.15, 0.2) is 0 Å². The van der Waals surface area contributed by atoms with Crippen LogP contribution in [0.3, 0.4) is 0 Å². The van der Waals surface area contributed by atoms with Crippen LogP contribution in [0.4, 0.5) is 0 Å². The van der Waals surface area contributed by atoms with Gasteiger partial charge in [-0.25, -0.2) is 0 Å². The van der Waals surface area contributed by atoms with Gasteiger partial charge in [-0.3, -0.25) is 0 Å². The van der Waals surface area contributed by atoms with Crippen LogP contribution in [0, 0.1) is 0 Å². The number of nitrogens with one attached hydrogen (secondary N) is 1. The SMILES string of the molecule is CC(C)Oc1cccc(C(C)NCc2cccc(O)c2)c1. The van der Waals surface area contributed by atoms with Crippen LogP contribution in [-0.4, -0.2) is 11.2 Å². The van der Waals surface area contributed by atoms with Crippen LogP contribution in [-0.2, 0) is 6.54 Å². The molecule has 0 spiro atoms. The van der Waals surface area contributed by atoms with Crippen LogP contribution in [0.2, 0.25) is 0 Å². The number of benzene rings is 2. The summed E-state index contributed by atoms with van der Waals surface area (Å²) in [6, 6.07) is 15.7. The highest BCUT2D eigenvalue weighted by atomic mass is 16.5. The minimum Gasteiger partial charge on any atom is -0.508 e. The first-order valence-electron chi connectivity index (χ1n) is 7.32. The van der Waals surface area contributed by atoms with Gasteiger partial charge in [0.1, 0.15) is 11.5 Å². The number of phenols is 1. The molecule has 0 saturated heterocycles. The van der Waals surface area contributed by atoms with Crippen molar-refractivity contribution in [2.24, 2.45) is 0 Å². The quantitative estimate of drug-likeness (QED) is 0.842. The summed E-state index contributed by atoms with van der Waals surface area (Å²) in [4.78, 5) is 0. The highest BCUT2D eigenvalue weighted by molar-refractivity contribution is 5.31. The molecule has 0 bridgehead atoms. The normalized spacial score (nSPS) is 12.4. The lowest BCUT2D eigenvalue weighted by atomic mass is 10.1. The van der Waals surface area contributed by atoms with E-state index in [4.69, 9.17) is 4.74 Å². The van der Waals surface area contributed by atoms with Crippen LogP contribution in [0.25, 0.3) is 0 Å². The average Bonchev–Trinajstić information content (AvgIpc) is 2.44. The third-order valence-corrected chi connectivity index (χ3v) is 3.25. The van der Waals surface area contributed by atoms with Crippen molar-refractivity contribution in [3.63, 3.8) is 0 Å². The van der Waals surface area contributed by atoms with E-state index in [-0.39, 0.29) is 12.1 Å². The number of hydrogen-bond acceptors (Lipinski definition) is 3. The molecule has 2 rings (SSSR count). The Hall–Kier alpha value is -2.00. The van der Waals surface area contributed by atoms with Gasteiger partial charge in [-0.15, -0.1) is 0 Å². The molecule has 0 aromatic heterocycles. The molecule has 2 aromatic carbocycles. The smallest absolute Gasteiger partial charge is 0.120 e. The summed E-state index contributed by atoms with van der Waals surface area (Å²) in [7, 11) is 0. The van der Waals surface area contributed by atoms with Crippen LogP contribution in [0.15, 0.2) is 48.5 Å². The Labute approximate surface area is 126 Å². The highest BCUT2D eigenvalue weighted by Gasteiger charge is 2.07. The van der Waals surface area contributed by atoms with Gasteiger partial charge in [-0.2, -0.15) is 0 Å². The third-order valence-electron chi connectivity index (χ3n) is 3.25. The molecule has 2 N–H and O–H groups in total. The summed E-state index contributed by atoms with van der Waals surface area (Å²) in [6.45, 7) is 6.88. The maximum Gasteiger partial charge on any atom is 0.120 e. The van der Waals surface area contributed by atoms with Crippen molar-refractivity contribution < 1.29 is 9.84 Å². The molecule has 0 heterocycles. The van der Waals surface area contributed by atoms with E-state index in [2.05, 4.69) is 24.4 Å². The zero-order valence-corrected chi connectivity index (χ0v) is 12.8. The number of hydrogen-bond donors (Lipinski definition) is 2. The Morgan fingerprint density at radius 2 is 1.81 bits per heavy atom. The number of aromatic hydroxyl groups is 1. The van der Waals surface area contributed by atoms with Crippen LogP contribution in [0.1, 0.15) is 37.9 Å². The maximum atomic E-state index is 9.47. The minimum absolute atomic E-state index is 0.177. The second-order valence-electron chi connectivity index (χ2n) is 5.51. The Morgan fingerprint density at radius 1 is 1.05 bits per heavy atom. The molecule has 0 aliphatic heterocycles. The Bertz CT molecular complexity index is 581. The van der Waals surface area contributed by atoms with E-state index in [0.717, 1.165) is 11.3 Å². The van der Waals surface area contributed by atoms with Crippen molar-refractivity contribution in [2.75, 3.05) is 0 Å². The fraction of sp³-hybridized carbons (Fsp3) is 0.333. The first-order valence-corrected chi connectivity index (χ1v) is 7.32.